The van der Waals surface area contributed by atoms with E-state index in [-0.39, 0.29) is 11.8 Å². The number of fused-ring (bicyclic) bond motifs is 2. The molecule has 1 aliphatic rings. The Bertz CT molecular complexity index is 1770. The summed E-state index contributed by atoms with van der Waals surface area (Å²) >= 11 is 0. The van der Waals surface area contributed by atoms with Gasteiger partial charge in [-0.3, -0.25) is 14.9 Å². The van der Waals surface area contributed by atoms with Crippen molar-refractivity contribution in [2.24, 2.45) is 5.92 Å². The third-order valence-corrected chi connectivity index (χ3v) is 6.36. The lowest BCUT2D eigenvalue weighted by Crippen LogP contribution is -2.13. The van der Waals surface area contributed by atoms with E-state index in [1.54, 1.807) is 43.2 Å². The molecule has 0 bridgehead atoms. The zero-order chi connectivity index (χ0) is 24.2. The molecule has 0 atom stereocenters. The van der Waals surface area contributed by atoms with Crippen LogP contribution in [0.4, 0.5) is 10.1 Å². The van der Waals surface area contributed by atoms with E-state index in [1.165, 1.54) is 6.07 Å². The summed E-state index contributed by atoms with van der Waals surface area (Å²) in [5.74, 6) is 0.0948. The van der Waals surface area contributed by atoms with Gasteiger partial charge in [-0.15, -0.1) is 0 Å². The Kier molecular flexibility index (Phi) is 4.47. The molecule has 176 valence electrons. The predicted octanol–water partition coefficient (Wildman–Crippen LogP) is 5.31. The maximum atomic E-state index is 15.1. The van der Waals surface area contributed by atoms with Crippen molar-refractivity contribution in [2.45, 2.75) is 12.8 Å². The normalized spacial score (nSPS) is 13.5. The van der Waals surface area contributed by atoms with E-state index in [2.05, 4.69) is 35.5 Å². The highest BCUT2D eigenvalue weighted by Crippen LogP contribution is 2.35. The molecule has 0 radical (unpaired) electrons. The number of carbonyl (C=O) groups is 1. The van der Waals surface area contributed by atoms with Crippen molar-refractivity contribution in [1.82, 2.24) is 30.1 Å². The van der Waals surface area contributed by atoms with Crippen LogP contribution in [0.5, 0.6) is 0 Å². The third-order valence-electron chi connectivity index (χ3n) is 6.36. The van der Waals surface area contributed by atoms with E-state index >= 15 is 4.39 Å². The number of aromatic amines is 2. The number of furan rings is 1. The fourth-order valence-corrected chi connectivity index (χ4v) is 4.37. The summed E-state index contributed by atoms with van der Waals surface area (Å²) in [6.45, 7) is 0. The number of carbonyl (C=O) groups excluding carboxylic acids is 1. The molecular weight excluding hydrogens is 461 g/mol. The Labute approximate surface area is 202 Å². The average molecular weight is 479 g/mol. The van der Waals surface area contributed by atoms with Crippen LogP contribution < -0.4 is 5.32 Å². The molecule has 9 nitrogen and oxygen atoms in total. The number of aromatic nitrogens is 6. The number of hydrogen-bond donors (Lipinski definition) is 3. The van der Waals surface area contributed by atoms with Gasteiger partial charge in [0.1, 0.15) is 11.5 Å². The molecule has 1 amide bonds. The second kappa shape index (κ2) is 7.84. The molecule has 0 unspecified atom stereocenters. The Morgan fingerprint density at radius 2 is 2.03 bits per heavy atom. The first-order valence-corrected chi connectivity index (χ1v) is 11.5. The molecular formula is C26H18FN7O2. The van der Waals surface area contributed by atoms with Gasteiger partial charge in [-0.1, -0.05) is 0 Å². The minimum absolute atomic E-state index is 0.0321. The lowest BCUT2D eigenvalue weighted by Gasteiger charge is -2.08. The van der Waals surface area contributed by atoms with E-state index in [9.17, 15) is 4.79 Å². The van der Waals surface area contributed by atoms with Crippen molar-refractivity contribution in [1.29, 1.82) is 0 Å². The molecule has 5 heterocycles. The summed E-state index contributed by atoms with van der Waals surface area (Å²) in [4.78, 5) is 28.7. The number of halogens is 1. The Balaban J connectivity index is 1.31. The second-order valence-electron chi connectivity index (χ2n) is 8.83. The Hall–Kier alpha value is -4.86. The van der Waals surface area contributed by atoms with Gasteiger partial charge >= 0.3 is 0 Å². The topological polar surface area (TPSA) is 125 Å². The smallest absolute Gasteiger partial charge is 0.227 e. The third kappa shape index (κ3) is 3.42. The van der Waals surface area contributed by atoms with Gasteiger partial charge in [0.25, 0.3) is 0 Å². The van der Waals surface area contributed by atoms with E-state index in [0.717, 1.165) is 29.5 Å². The van der Waals surface area contributed by atoms with Crippen molar-refractivity contribution in [3.8, 4) is 33.8 Å². The van der Waals surface area contributed by atoms with Crippen LogP contribution in [0.15, 0.2) is 65.9 Å². The zero-order valence-corrected chi connectivity index (χ0v) is 18.7. The number of nitrogens with zero attached hydrogens (tertiary/aromatic N) is 4. The minimum atomic E-state index is -0.432. The average Bonchev–Trinajstić information content (AvgIpc) is 3.26. The number of pyridine rings is 2. The van der Waals surface area contributed by atoms with E-state index < -0.39 is 5.82 Å². The lowest BCUT2D eigenvalue weighted by molar-refractivity contribution is -0.117. The summed E-state index contributed by atoms with van der Waals surface area (Å²) in [5, 5.41) is 10.8. The van der Waals surface area contributed by atoms with Crippen molar-refractivity contribution in [2.75, 3.05) is 5.32 Å². The molecule has 10 heteroatoms. The Morgan fingerprint density at radius 1 is 1.11 bits per heavy atom. The summed E-state index contributed by atoms with van der Waals surface area (Å²) < 4.78 is 20.4. The molecule has 7 rings (SSSR count). The van der Waals surface area contributed by atoms with Crippen LogP contribution in [0.2, 0.25) is 0 Å². The second-order valence-corrected chi connectivity index (χ2v) is 8.83. The van der Waals surface area contributed by atoms with E-state index in [1.807, 2.05) is 12.1 Å². The highest BCUT2D eigenvalue weighted by Gasteiger charge is 2.29. The molecule has 0 saturated heterocycles. The van der Waals surface area contributed by atoms with Crippen LogP contribution in [-0.4, -0.2) is 36.0 Å². The number of amides is 1. The monoisotopic (exact) mass is 479 g/mol. The number of imidazole rings is 1. The van der Waals surface area contributed by atoms with Gasteiger partial charge in [-0.2, -0.15) is 5.10 Å². The molecule has 5 aromatic heterocycles. The van der Waals surface area contributed by atoms with Crippen LogP contribution in [0.25, 0.3) is 55.8 Å². The van der Waals surface area contributed by atoms with Gasteiger partial charge in [0.15, 0.2) is 11.5 Å². The van der Waals surface area contributed by atoms with E-state index in [4.69, 9.17) is 4.42 Å². The Morgan fingerprint density at radius 3 is 2.86 bits per heavy atom. The highest BCUT2D eigenvalue weighted by atomic mass is 19.1. The molecule has 0 spiro atoms. The number of hydrogen-bond acceptors (Lipinski definition) is 6. The summed E-state index contributed by atoms with van der Waals surface area (Å²) in [6.07, 6.45) is 9.87. The quantitative estimate of drug-likeness (QED) is 0.308. The SMILES string of the molecule is O=C(Nc1cncc(-c2cc3c(-c4nc5nccc(-c6ccoc6)c5[nH]4)n[nH]c3cc2F)c1)C1CC1. The molecule has 1 saturated carbocycles. The van der Waals surface area contributed by atoms with Crippen LogP contribution in [0, 0.1) is 11.7 Å². The molecule has 36 heavy (non-hydrogen) atoms. The van der Waals surface area contributed by atoms with Crippen molar-refractivity contribution in [3.63, 3.8) is 0 Å². The van der Waals surface area contributed by atoms with Gasteiger partial charge < -0.3 is 14.7 Å². The molecule has 1 aliphatic carbocycles. The lowest BCUT2D eigenvalue weighted by atomic mass is 10.0. The number of rotatable bonds is 5. The minimum Gasteiger partial charge on any atom is -0.472 e. The number of nitrogens with one attached hydrogen (secondary N) is 3. The van der Waals surface area contributed by atoms with Gasteiger partial charge in [-0.05, 0) is 37.1 Å². The zero-order valence-electron chi connectivity index (χ0n) is 18.7. The van der Waals surface area contributed by atoms with Crippen molar-refractivity contribution >= 4 is 33.7 Å². The summed E-state index contributed by atoms with van der Waals surface area (Å²) in [6, 6.07) is 8.58. The van der Waals surface area contributed by atoms with Crippen LogP contribution in [0.3, 0.4) is 0 Å². The first-order chi connectivity index (χ1) is 17.6. The fourth-order valence-electron chi connectivity index (χ4n) is 4.37. The fraction of sp³-hybridized carbons (Fsp3) is 0.115. The molecule has 6 aromatic rings. The van der Waals surface area contributed by atoms with Gasteiger partial charge in [0.2, 0.25) is 5.91 Å². The first kappa shape index (κ1) is 20.5. The molecule has 0 aliphatic heterocycles. The van der Waals surface area contributed by atoms with Gasteiger partial charge in [0, 0.05) is 52.0 Å². The number of H-pyrrole nitrogens is 2. The molecule has 1 aromatic carbocycles. The van der Waals surface area contributed by atoms with Gasteiger partial charge in [-0.25, -0.2) is 14.4 Å². The van der Waals surface area contributed by atoms with E-state index in [0.29, 0.717) is 44.9 Å². The van der Waals surface area contributed by atoms with Crippen LogP contribution >= 0.6 is 0 Å². The molecule has 1 fully saturated rings. The summed E-state index contributed by atoms with van der Waals surface area (Å²) in [5.41, 5.74) is 5.56. The van der Waals surface area contributed by atoms with Crippen molar-refractivity contribution in [3.05, 3.63) is 67.3 Å². The maximum absolute atomic E-state index is 15.1. The number of anilines is 1. The standard InChI is InChI=1S/C26H18FN7O2/c27-20-9-21-19(8-18(20)15-7-16(11-28-10-15)30-26(35)13-1-2-13)23(34-33-21)25-31-22-17(14-4-6-36-12-14)3-5-29-24(22)32-25/h3-13H,1-2H2,(H,30,35)(H,33,34)(H,29,31,32). The van der Waals surface area contributed by atoms with Crippen LogP contribution in [0.1, 0.15) is 12.8 Å². The first-order valence-electron chi connectivity index (χ1n) is 11.5. The predicted molar refractivity (Wildman–Crippen MR) is 131 cm³/mol. The maximum Gasteiger partial charge on any atom is 0.227 e. The highest BCUT2D eigenvalue weighted by molar-refractivity contribution is 5.98. The molecule has 3 N–H and O–H groups in total. The van der Waals surface area contributed by atoms with Crippen LogP contribution in [-0.2, 0) is 4.79 Å². The number of benzene rings is 1. The summed E-state index contributed by atoms with van der Waals surface area (Å²) in [7, 11) is 0. The van der Waals surface area contributed by atoms with Crippen molar-refractivity contribution < 1.29 is 13.6 Å². The largest absolute Gasteiger partial charge is 0.472 e. The van der Waals surface area contributed by atoms with Gasteiger partial charge in [0.05, 0.1) is 35.4 Å².